The zero-order valence-electron chi connectivity index (χ0n) is 17.1. The number of aromatic nitrogens is 4. The number of hydrogen-bond acceptors (Lipinski definition) is 7. The highest BCUT2D eigenvalue weighted by atomic mass is 32.1. The van der Waals surface area contributed by atoms with Crippen LogP contribution in [0.1, 0.15) is 48.3 Å². The van der Waals surface area contributed by atoms with E-state index in [2.05, 4.69) is 41.2 Å². The summed E-state index contributed by atoms with van der Waals surface area (Å²) < 4.78 is 6.75. The number of amides is 1. The molecule has 0 aliphatic heterocycles. The first-order valence-corrected chi connectivity index (χ1v) is 10.8. The summed E-state index contributed by atoms with van der Waals surface area (Å²) in [6, 6.07) is 0. The first-order chi connectivity index (χ1) is 13.9. The van der Waals surface area contributed by atoms with Crippen molar-refractivity contribution in [3.05, 3.63) is 22.6 Å². The Balaban J connectivity index is 1.60. The van der Waals surface area contributed by atoms with E-state index >= 15 is 0 Å². The molecule has 8 nitrogen and oxygen atoms in total. The molecule has 29 heavy (non-hydrogen) atoms. The van der Waals surface area contributed by atoms with Gasteiger partial charge in [0.15, 0.2) is 5.65 Å². The third kappa shape index (κ3) is 3.99. The molecule has 1 atom stereocenters. The van der Waals surface area contributed by atoms with Crippen LogP contribution in [0.25, 0.3) is 15.9 Å². The smallest absolute Gasteiger partial charge is 0.291 e. The van der Waals surface area contributed by atoms with Gasteiger partial charge in [0.1, 0.15) is 11.2 Å². The van der Waals surface area contributed by atoms with Gasteiger partial charge in [-0.05, 0) is 36.2 Å². The topological polar surface area (TPSA) is 102 Å². The van der Waals surface area contributed by atoms with Gasteiger partial charge >= 0.3 is 0 Å². The Morgan fingerprint density at radius 2 is 2.24 bits per heavy atom. The quantitative estimate of drug-likeness (QED) is 0.597. The minimum absolute atomic E-state index is 0.0353. The number of hydrogen-bond donors (Lipinski definition) is 2. The van der Waals surface area contributed by atoms with Crippen LogP contribution >= 0.6 is 11.3 Å². The highest BCUT2D eigenvalue weighted by Crippen LogP contribution is 2.43. The summed E-state index contributed by atoms with van der Waals surface area (Å²) in [7, 11) is 0. The fraction of sp³-hybridized carbons (Fsp3) is 0.600. The number of carbonyl (C=O) groups is 1. The Morgan fingerprint density at radius 1 is 1.41 bits per heavy atom. The molecule has 0 fully saturated rings. The molecule has 3 aromatic rings. The maximum absolute atomic E-state index is 12.4. The zero-order valence-corrected chi connectivity index (χ0v) is 17.9. The van der Waals surface area contributed by atoms with Crippen molar-refractivity contribution in [3.8, 4) is 0 Å². The average Bonchev–Trinajstić information content (AvgIpc) is 3.27. The van der Waals surface area contributed by atoms with Gasteiger partial charge in [-0.15, -0.1) is 16.4 Å². The van der Waals surface area contributed by atoms with E-state index in [1.165, 1.54) is 10.4 Å². The van der Waals surface area contributed by atoms with Crippen molar-refractivity contribution in [2.75, 3.05) is 26.4 Å². The Morgan fingerprint density at radius 3 is 3.00 bits per heavy atom. The number of nitrogens with one attached hydrogen (secondary N) is 1. The first kappa shape index (κ1) is 20.2. The van der Waals surface area contributed by atoms with Crippen LogP contribution in [0.3, 0.4) is 0 Å². The largest absolute Gasteiger partial charge is 0.394 e. The molecule has 0 radical (unpaired) electrons. The molecule has 2 N–H and O–H groups in total. The number of aliphatic hydroxyl groups is 1. The molecule has 0 spiro atoms. The van der Waals surface area contributed by atoms with Crippen LogP contribution < -0.4 is 5.32 Å². The van der Waals surface area contributed by atoms with E-state index in [4.69, 9.17) is 9.84 Å². The third-order valence-electron chi connectivity index (χ3n) is 5.58. The predicted octanol–water partition coefficient (Wildman–Crippen LogP) is 2.23. The van der Waals surface area contributed by atoms with E-state index < -0.39 is 0 Å². The maximum Gasteiger partial charge on any atom is 0.291 e. The molecule has 0 bridgehead atoms. The van der Waals surface area contributed by atoms with Gasteiger partial charge in [-0.3, -0.25) is 4.79 Å². The summed E-state index contributed by atoms with van der Waals surface area (Å²) >= 11 is 1.74. The lowest BCUT2D eigenvalue weighted by Gasteiger charge is -2.33. The van der Waals surface area contributed by atoms with Crippen LogP contribution in [0.15, 0.2) is 6.33 Å². The molecule has 156 valence electrons. The molecule has 4 rings (SSSR count). The molecule has 0 saturated heterocycles. The molecule has 9 heteroatoms. The number of rotatable bonds is 6. The van der Waals surface area contributed by atoms with E-state index in [1.54, 1.807) is 22.2 Å². The predicted molar refractivity (Wildman–Crippen MR) is 111 cm³/mol. The molecule has 3 heterocycles. The lowest BCUT2D eigenvalue weighted by Crippen LogP contribution is -2.28. The van der Waals surface area contributed by atoms with Crippen molar-refractivity contribution < 1.29 is 14.6 Å². The molecule has 1 aliphatic rings. The summed E-state index contributed by atoms with van der Waals surface area (Å²) in [6.45, 7) is 7.82. The molecular weight excluding hydrogens is 390 g/mol. The van der Waals surface area contributed by atoms with Gasteiger partial charge in [-0.1, -0.05) is 20.8 Å². The zero-order chi connectivity index (χ0) is 20.6. The maximum atomic E-state index is 12.4. The van der Waals surface area contributed by atoms with Crippen LogP contribution in [0.2, 0.25) is 0 Å². The van der Waals surface area contributed by atoms with Crippen molar-refractivity contribution in [2.45, 2.75) is 40.0 Å². The van der Waals surface area contributed by atoms with E-state index in [-0.39, 0.29) is 30.4 Å². The van der Waals surface area contributed by atoms with Crippen LogP contribution in [0.5, 0.6) is 0 Å². The summed E-state index contributed by atoms with van der Waals surface area (Å²) in [5.41, 5.74) is 2.31. The van der Waals surface area contributed by atoms with Crippen molar-refractivity contribution in [3.63, 3.8) is 0 Å². The van der Waals surface area contributed by atoms with Crippen LogP contribution in [-0.2, 0) is 17.6 Å². The molecular formula is C20H27N5O3S. The second kappa shape index (κ2) is 7.97. The van der Waals surface area contributed by atoms with Gasteiger partial charge in [0.25, 0.3) is 5.91 Å². The number of carbonyl (C=O) groups excluding carboxylic acids is 1. The number of fused-ring (bicyclic) bond motifs is 5. The van der Waals surface area contributed by atoms with Gasteiger partial charge in [0, 0.05) is 11.4 Å². The molecule has 1 aliphatic carbocycles. The number of nitrogens with zero attached hydrogens (tertiary/aromatic N) is 4. The van der Waals surface area contributed by atoms with Gasteiger partial charge < -0.3 is 15.2 Å². The van der Waals surface area contributed by atoms with Crippen molar-refractivity contribution >= 4 is 33.1 Å². The van der Waals surface area contributed by atoms with Crippen molar-refractivity contribution in [1.29, 1.82) is 0 Å². The average molecular weight is 418 g/mol. The highest BCUT2D eigenvalue weighted by Gasteiger charge is 2.32. The second-order valence-electron chi connectivity index (χ2n) is 8.53. The summed E-state index contributed by atoms with van der Waals surface area (Å²) in [5, 5.41) is 16.8. The second-order valence-corrected chi connectivity index (χ2v) is 9.61. The number of thiophene rings is 1. The number of aliphatic hydroxyl groups excluding tert-OH is 1. The highest BCUT2D eigenvalue weighted by molar-refractivity contribution is 7.19. The van der Waals surface area contributed by atoms with Gasteiger partial charge in [0.2, 0.25) is 5.82 Å². The molecule has 0 unspecified atom stereocenters. The Labute approximate surface area is 173 Å². The molecule has 0 saturated carbocycles. The normalized spacial score (nSPS) is 17.0. The molecule has 3 aromatic heterocycles. The molecule has 0 aromatic carbocycles. The van der Waals surface area contributed by atoms with Gasteiger partial charge in [-0.25, -0.2) is 14.5 Å². The lowest BCUT2D eigenvalue weighted by molar-refractivity contribution is 0.0832. The lowest BCUT2D eigenvalue weighted by atomic mass is 9.72. The van der Waals surface area contributed by atoms with E-state index in [9.17, 15) is 4.79 Å². The van der Waals surface area contributed by atoms with Gasteiger partial charge in [0.05, 0.1) is 25.2 Å². The fourth-order valence-corrected chi connectivity index (χ4v) is 5.15. The first-order valence-electron chi connectivity index (χ1n) is 10.0. The summed E-state index contributed by atoms with van der Waals surface area (Å²) in [5.74, 6) is 0.447. The van der Waals surface area contributed by atoms with Crippen LogP contribution in [-0.4, -0.2) is 57.0 Å². The summed E-state index contributed by atoms with van der Waals surface area (Å²) in [4.78, 5) is 23.9. The standard InChI is InChI=1S/C20H27N5O3S/c1-20(2,3)12-4-5-13-14(10-12)29-19-15(13)17-23-16(24-25(17)11-22-19)18(27)21-6-8-28-9-7-26/h11-12,26H,4-10H2,1-3H3,(H,21,27)/t12-/m0/s1. The van der Waals surface area contributed by atoms with E-state index in [0.717, 1.165) is 29.5 Å². The monoisotopic (exact) mass is 417 g/mol. The van der Waals surface area contributed by atoms with Crippen molar-refractivity contribution in [2.24, 2.45) is 11.3 Å². The fourth-order valence-electron chi connectivity index (χ4n) is 3.89. The minimum Gasteiger partial charge on any atom is -0.394 e. The summed E-state index contributed by atoms with van der Waals surface area (Å²) in [6.07, 6.45) is 4.87. The Bertz CT molecular complexity index is 1040. The number of ether oxygens (including phenoxy) is 1. The van der Waals surface area contributed by atoms with Crippen molar-refractivity contribution in [1.82, 2.24) is 24.9 Å². The third-order valence-corrected chi connectivity index (χ3v) is 6.74. The Kier molecular flexibility index (Phi) is 5.54. The minimum atomic E-state index is -0.341. The SMILES string of the molecule is CC(C)(C)[C@H]1CCc2c(sc3ncn4nc(C(=O)NCCOCCO)nc4c23)C1. The van der Waals surface area contributed by atoms with Crippen LogP contribution in [0.4, 0.5) is 0 Å². The molecule has 1 amide bonds. The van der Waals surface area contributed by atoms with Gasteiger partial charge in [-0.2, -0.15) is 0 Å². The number of aryl methyl sites for hydroxylation is 1. The van der Waals surface area contributed by atoms with E-state index in [0.29, 0.717) is 24.7 Å². The Hall–Kier alpha value is -2.10. The van der Waals surface area contributed by atoms with E-state index in [1.807, 2.05) is 0 Å². The van der Waals surface area contributed by atoms with Crippen LogP contribution in [0, 0.1) is 11.3 Å².